The lowest BCUT2D eigenvalue weighted by atomic mass is 10.2. The average Bonchev–Trinajstić information content (AvgIpc) is 3.07. The second-order valence-corrected chi connectivity index (χ2v) is 8.21. The van der Waals surface area contributed by atoms with Gasteiger partial charge in [0.05, 0.1) is 17.1 Å². The lowest BCUT2D eigenvalue weighted by Gasteiger charge is -2.18. The number of nitrogens with one attached hydrogen (secondary N) is 1. The molecule has 2 N–H and O–H groups in total. The molecule has 2 saturated heterocycles. The first-order chi connectivity index (χ1) is 11.5. The first-order valence-electron chi connectivity index (χ1n) is 7.40. The Hall–Kier alpha value is -1.35. The number of aliphatic hydroxyl groups is 1. The lowest BCUT2D eigenvalue weighted by Crippen LogP contribution is -2.47. The first kappa shape index (κ1) is 17.5. The van der Waals surface area contributed by atoms with Crippen molar-refractivity contribution in [1.82, 2.24) is 10.2 Å². The van der Waals surface area contributed by atoms with Crippen LogP contribution in [0.4, 0.5) is 0 Å². The molecule has 2 aliphatic heterocycles. The lowest BCUT2D eigenvalue weighted by molar-refractivity contribution is -0.129. The number of carbonyl (C=O) groups excluding carboxylic acids is 2. The zero-order valence-corrected chi connectivity index (χ0v) is 15.1. The molecule has 8 heteroatoms. The number of nitrogens with zero attached hydrogens (tertiary/aromatic N) is 1. The van der Waals surface area contributed by atoms with E-state index >= 15 is 0 Å². The fourth-order valence-corrected chi connectivity index (χ4v) is 4.84. The van der Waals surface area contributed by atoms with E-state index in [1.807, 2.05) is 30.3 Å². The van der Waals surface area contributed by atoms with Crippen LogP contribution >= 0.6 is 35.7 Å². The summed E-state index contributed by atoms with van der Waals surface area (Å²) >= 11 is 8.02. The molecule has 2 amide bonds. The van der Waals surface area contributed by atoms with Crippen LogP contribution in [0.25, 0.3) is 6.08 Å². The van der Waals surface area contributed by atoms with E-state index in [1.54, 1.807) is 17.8 Å². The van der Waals surface area contributed by atoms with E-state index < -0.39 is 6.10 Å². The fraction of sp³-hybridized carbons (Fsp3) is 0.312. The zero-order chi connectivity index (χ0) is 17.1. The maximum Gasteiger partial charge on any atom is 0.266 e. The molecule has 0 bridgehead atoms. The van der Waals surface area contributed by atoms with Crippen LogP contribution in [0.1, 0.15) is 5.56 Å². The monoisotopic (exact) mass is 380 g/mol. The molecule has 2 aliphatic rings. The van der Waals surface area contributed by atoms with Crippen molar-refractivity contribution in [2.24, 2.45) is 0 Å². The van der Waals surface area contributed by atoms with Crippen molar-refractivity contribution >= 4 is 58.0 Å². The molecule has 2 fully saturated rings. The summed E-state index contributed by atoms with van der Waals surface area (Å²) in [5, 5.41) is 12.5. The van der Waals surface area contributed by atoms with Crippen molar-refractivity contribution < 1.29 is 14.7 Å². The maximum absolute atomic E-state index is 12.5. The Morgan fingerprint density at radius 3 is 2.79 bits per heavy atom. The molecular weight excluding hydrogens is 364 g/mol. The summed E-state index contributed by atoms with van der Waals surface area (Å²) in [7, 11) is 0. The number of thiocarbonyl (C=S) groups is 1. The van der Waals surface area contributed by atoms with E-state index in [2.05, 4.69) is 5.32 Å². The fourth-order valence-electron chi connectivity index (χ4n) is 2.41. The van der Waals surface area contributed by atoms with Gasteiger partial charge in [-0.3, -0.25) is 14.5 Å². The normalized spacial score (nSPS) is 25.5. The third-order valence-corrected chi connectivity index (χ3v) is 6.22. The van der Waals surface area contributed by atoms with Crippen molar-refractivity contribution in [3.63, 3.8) is 0 Å². The molecule has 1 aromatic rings. The van der Waals surface area contributed by atoms with E-state index in [9.17, 15) is 14.7 Å². The van der Waals surface area contributed by atoms with Gasteiger partial charge in [0.1, 0.15) is 10.9 Å². The Morgan fingerprint density at radius 2 is 2.12 bits per heavy atom. The van der Waals surface area contributed by atoms with Gasteiger partial charge in [-0.2, -0.15) is 11.8 Å². The maximum atomic E-state index is 12.5. The van der Waals surface area contributed by atoms with Gasteiger partial charge in [-0.05, 0) is 11.6 Å². The predicted molar refractivity (Wildman–Crippen MR) is 102 cm³/mol. The SMILES string of the molecule is O=C(CN1C(=O)C(=Cc2ccccc2)SC1=S)NC1CSCC1O. The van der Waals surface area contributed by atoms with Gasteiger partial charge < -0.3 is 10.4 Å². The van der Waals surface area contributed by atoms with E-state index in [4.69, 9.17) is 12.2 Å². The Labute approximate surface area is 153 Å². The Kier molecular flexibility index (Phi) is 5.60. The number of hydrogen-bond acceptors (Lipinski definition) is 6. The number of rotatable bonds is 4. The standard InChI is InChI=1S/C16H16N2O3S3/c19-12-9-23-8-11(12)17-14(20)7-18-15(21)13(24-16(18)22)6-10-4-2-1-3-5-10/h1-6,11-12,19H,7-9H2,(H,17,20). The minimum absolute atomic E-state index is 0.120. The molecule has 2 unspecified atom stereocenters. The van der Waals surface area contributed by atoms with Crippen LogP contribution in [-0.4, -0.2) is 56.3 Å². The largest absolute Gasteiger partial charge is 0.390 e. The highest BCUT2D eigenvalue weighted by Crippen LogP contribution is 2.32. The van der Waals surface area contributed by atoms with E-state index in [0.717, 1.165) is 5.56 Å². The van der Waals surface area contributed by atoms with Crippen molar-refractivity contribution in [1.29, 1.82) is 0 Å². The van der Waals surface area contributed by atoms with Gasteiger partial charge in [0.25, 0.3) is 5.91 Å². The van der Waals surface area contributed by atoms with Crippen LogP contribution in [0, 0.1) is 0 Å². The summed E-state index contributed by atoms with van der Waals surface area (Å²) < 4.78 is 0.374. The van der Waals surface area contributed by atoms with Gasteiger partial charge in [0.15, 0.2) is 0 Å². The summed E-state index contributed by atoms with van der Waals surface area (Å²) in [5.74, 6) is 0.731. The molecule has 2 atom stereocenters. The van der Waals surface area contributed by atoms with E-state index in [-0.39, 0.29) is 24.4 Å². The van der Waals surface area contributed by atoms with Crippen LogP contribution in [0.15, 0.2) is 35.2 Å². The second-order valence-electron chi connectivity index (χ2n) is 5.46. The highest BCUT2D eigenvalue weighted by atomic mass is 32.2. The predicted octanol–water partition coefficient (Wildman–Crippen LogP) is 1.48. The van der Waals surface area contributed by atoms with Gasteiger partial charge >= 0.3 is 0 Å². The Morgan fingerprint density at radius 1 is 1.38 bits per heavy atom. The summed E-state index contributed by atoms with van der Waals surface area (Å²) in [6.07, 6.45) is 1.23. The molecule has 0 aliphatic carbocycles. The minimum Gasteiger partial charge on any atom is -0.390 e. The highest BCUT2D eigenvalue weighted by Gasteiger charge is 2.34. The molecular formula is C16H16N2O3S3. The molecule has 3 rings (SSSR count). The number of aliphatic hydroxyl groups excluding tert-OH is 1. The van der Waals surface area contributed by atoms with Crippen molar-refractivity contribution in [3.8, 4) is 0 Å². The summed E-state index contributed by atoms with van der Waals surface area (Å²) in [5.41, 5.74) is 0.911. The summed E-state index contributed by atoms with van der Waals surface area (Å²) in [4.78, 5) is 26.4. The van der Waals surface area contributed by atoms with Gasteiger partial charge in [-0.25, -0.2) is 0 Å². The van der Waals surface area contributed by atoms with Crippen molar-refractivity contribution in [3.05, 3.63) is 40.8 Å². The number of carbonyl (C=O) groups is 2. The van der Waals surface area contributed by atoms with E-state index in [0.29, 0.717) is 20.7 Å². The van der Waals surface area contributed by atoms with Crippen LogP contribution in [0.3, 0.4) is 0 Å². The second kappa shape index (κ2) is 7.69. The average molecular weight is 381 g/mol. The molecule has 5 nitrogen and oxygen atoms in total. The molecule has 0 saturated carbocycles. The topological polar surface area (TPSA) is 69.6 Å². The molecule has 126 valence electrons. The highest BCUT2D eigenvalue weighted by molar-refractivity contribution is 8.26. The number of hydrogen-bond donors (Lipinski definition) is 2. The molecule has 24 heavy (non-hydrogen) atoms. The van der Waals surface area contributed by atoms with Crippen LogP contribution in [0.5, 0.6) is 0 Å². The van der Waals surface area contributed by atoms with Crippen LogP contribution < -0.4 is 5.32 Å². The number of benzene rings is 1. The first-order valence-corrected chi connectivity index (χ1v) is 9.78. The third-order valence-electron chi connectivity index (χ3n) is 3.67. The van der Waals surface area contributed by atoms with Gasteiger partial charge in [0.2, 0.25) is 5.91 Å². The Balaban J connectivity index is 1.64. The van der Waals surface area contributed by atoms with Crippen LogP contribution in [-0.2, 0) is 9.59 Å². The van der Waals surface area contributed by atoms with Gasteiger partial charge in [-0.15, -0.1) is 0 Å². The molecule has 2 heterocycles. The molecule has 0 aromatic heterocycles. The zero-order valence-electron chi connectivity index (χ0n) is 12.7. The summed E-state index contributed by atoms with van der Waals surface area (Å²) in [6.45, 7) is -0.120. The smallest absolute Gasteiger partial charge is 0.266 e. The number of thioether (sulfide) groups is 2. The third kappa shape index (κ3) is 4.00. The van der Waals surface area contributed by atoms with E-state index in [1.165, 1.54) is 16.7 Å². The number of amides is 2. The van der Waals surface area contributed by atoms with Crippen LogP contribution in [0.2, 0.25) is 0 Å². The molecule has 1 aromatic carbocycles. The van der Waals surface area contributed by atoms with Crippen molar-refractivity contribution in [2.75, 3.05) is 18.1 Å². The van der Waals surface area contributed by atoms with Gasteiger partial charge in [0, 0.05) is 11.5 Å². The summed E-state index contributed by atoms with van der Waals surface area (Å²) in [6, 6.07) is 9.23. The van der Waals surface area contributed by atoms with Gasteiger partial charge in [-0.1, -0.05) is 54.3 Å². The Bertz CT molecular complexity index is 693. The minimum atomic E-state index is -0.539. The molecule has 0 radical (unpaired) electrons. The quantitative estimate of drug-likeness (QED) is 0.609. The van der Waals surface area contributed by atoms with Crippen molar-refractivity contribution in [2.45, 2.75) is 12.1 Å². The molecule has 0 spiro atoms.